The van der Waals surface area contributed by atoms with E-state index in [1.54, 1.807) is 24.3 Å². The van der Waals surface area contributed by atoms with Crippen molar-refractivity contribution in [2.45, 2.75) is 56.1 Å². The maximum absolute atomic E-state index is 12.8. The minimum Gasteiger partial charge on any atom is -0.383 e. The second kappa shape index (κ2) is 6.90. The number of benzene rings is 2. The van der Waals surface area contributed by atoms with Gasteiger partial charge in [0.05, 0.1) is 10.9 Å². The van der Waals surface area contributed by atoms with Crippen molar-refractivity contribution in [2.75, 3.05) is 0 Å². The molecule has 1 aliphatic carbocycles. The molecular weight excluding hydrogens is 334 g/mol. The largest absolute Gasteiger partial charge is 0.383 e. The minimum atomic E-state index is -3.68. The van der Waals surface area contributed by atoms with Gasteiger partial charge in [0.15, 0.2) is 0 Å². The predicted octanol–water partition coefficient (Wildman–Crippen LogP) is 3.28. The average Bonchev–Trinajstić information content (AvgIpc) is 2.86. The van der Waals surface area contributed by atoms with Crippen LogP contribution in [-0.2, 0) is 22.0 Å². The van der Waals surface area contributed by atoms with Crippen molar-refractivity contribution in [1.82, 2.24) is 4.72 Å². The number of sulfonamides is 1. The van der Waals surface area contributed by atoms with Crippen molar-refractivity contribution in [2.24, 2.45) is 0 Å². The van der Waals surface area contributed by atoms with E-state index in [4.69, 9.17) is 0 Å². The Morgan fingerprint density at radius 1 is 1.16 bits per heavy atom. The molecule has 4 nitrogen and oxygen atoms in total. The maximum Gasteiger partial charge on any atom is 0.240 e. The molecule has 0 aromatic heterocycles. The summed E-state index contributed by atoms with van der Waals surface area (Å²) in [6, 6.07) is 13.9. The van der Waals surface area contributed by atoms with E-state index < -0.39 is 21.7 Å². The number of aryl methyl sites for hydroxylation is 1. The number of nitrogens with one attached hydrogen (secondary N) is 1. The molecule has 0 bridgehead atoms. The smallest absolute Gasteiger partial charge is 0.240 e. The maximum atomic E-state index is 12.8. The van der Waals surface area contributed by atoms with Crippen molar-refractivity contribution in [3.63, 3.8) is 0 Å². The lowest BCUT2D eigenvalue weighted by Crippen LogP contribution is -2.48. The van der Waals surface area contributed by atoms with Crippen LogP contribution >= 0.6 is 0 Å². The molecule has 2 aromatic rings. The fourth-order valence-electron chi connectivity index (χ4n) is 3.56. The van der Waals surface area contributed by atoms with E-state index in [0.717, 1.165) is 29.5 Å². The van der Waals surface area contributed by atoms with Crippen LogP contribution in [0.15, 0.2) is 53.4 Å². The fourth-order valence-corrected chi connectivity index (χ4v) is 4.85. The molecule has 2 N–H and O–H groups in total. The summed E-state index contributed by atoms with van der Waals surface area (Å²) in [7, 11) is -3.68. The quantitative estimate of drug-likeness (QED) is 0.832. The molecule has 0 saturated heterocycles. The molecular formula is C20H25NO3S. The van der Waals surface area contributed by atoms with E-state index in [-0.39, 0.29) is 4.90 Å². The third-order valence-corrected chi connectivity index (χ3v) is 6.51. The highest BCUT2D eigenvalue weighted by molar-refractivity contribution is 7.89. The lowest BCUT2D eigenvalue weighted by molar-refractivity contribution is 0.00515. The van der Waals surface area contributed by atoms with Crippen molar-refractivity contribution in [1.29, 1.82) is 0 Å². The number of unbranched alkanes of at least 4 members (excludes halogenated alkanes) is 1. The Balaban J connectivity index is 1.92. The Labute approximate surface area is 150 Å². The van der Waals surface area contributed by atoms with Crippen LogP contribution in [0.5, 0.6) is 0 Å². The standard InChI is InChI=1S/C20H25NO3S/c1-3-4-13-20(22)18-8-6-5-7-16(18)14-19(20)21-25(23,24)17-11-9-15(2)10-12-17/h5-12,19,21-22H,3-4,13-14H2,1-2H3. The molecule has 0 heterocycles. The van der Waals surface area contributed by atoms with Gasteiger partial charge in [0.25, 0.3) is 0 Å². The SMILES string of the molecule is CCCCC1(O)c2ccccc2CC1NS(=O)(=O)c1ccc(C)cc1. The number of fused-ring (bicyclic) bond motifs is 1. The first-order chi connectivity index (χ1) is 11.9. The van der Waals surface area contributed by atoms with E-state index in [0.29, 0.717) is 12.8 Å². The van der Waals surface area contributed by atoms with Gasteiger partial charge in [-0.05, 0) is 43.0 Å². The first-order valence-electron chi connectivity index (χ1n) is 8.76. The van der Waals surface area contributed by atoms with Gasteiger partial charge in [-0.3, -0.25) is 0 Å². The van der Waals surface area contributed by atoms with Crippen molar-refractivity contribution < 1.29 is 13.5 Å². The molecule has 0 saturated carbocycles. The third-order valence-electron chi connectivity index (χ3n) is 5.02. The molecule has 134 valence electrons. The van der Waals surface area contributed by atoms with Crippen LogP contribution in [0.1, 0.15) is 42.9 Å². The van der Waals surface area contributed by atoms with Gasteiger partial charge in [0, 0.05) is 0 Å². The summed E-state index contributed by atoms with van der Waals surface area (Å²) >= 11 is 0. The fraction of sp³-hybridized carbons (Fsp3) is 0.400. The van der Waals surface area contributed by atoms with Crippen LogP contribution < -0.4 is 4.72 Å². The Bertz CT molecular complexity index is 845. The molecule has 5 heteroatoms. The Morgan fingerprint density at radius 3 is 2.52 bits per heavy atom. The van der Waals surface area contributed by atoms with Gasteiger partial charge in [0.2, 0.25) is 10.0 Å². The molecule has 0 aliphatic heterocycles. The first-order valence-corrected chi connectivity index (χ1v) is 10.2. The molecule has 25 heavy (non-hydrogen) atoms. The summed E-state index contributed by atoms with van der Waals surface area (Å²) in [5, 5.41) is 11.4. The van der Waals surface area contributed by atoms with Crippen LogP contribution in [0.4, 0.5) is 0 Å². The van der Waals surface area contributed by atoms with Gasteiger partial charge < -0.3 is 5.11 Å². The van der Waals surface area contributed by atoms with Crippen molar-refractivity contribution in [3.8, 4) is 0 Å². The summed E-state index contributed by atoms with van der Waals surface area (Å²) in [5.41, 5.74) is 1.70. The highest BCUT2D eigenvalue weighted by Crippen LogP contribution is 2.41. The lowest BCUT2D eigenvalue weighted by atomic mass is 9.87. The second-order valence-corrected chi connectivity index (χ2v) is 8.59. The number of rotatable bonds is 6. The monoisotopic (exact) mass is 359 g/mol. The van der Waals surface area contributed by atoms with E-state index in [9.17, 15) is 13.5 Å². The van der Waals surface area contributed by atoms with Gasteiger partial charge in [-0.25, -0.2) is 13.1 Å². The minimum absolute atomic E-state index is 0.229. The van der Waals surface area contributed by atoms with E-state index in [1.165, 1.54) is 0 Å². The first kappa shape index (κ1) is 18.1. The zero-order valence-corrected chi connectivity index (χ0v) is 15.5. The average molecular weight is 359 g/mol. The summed E-state index contributed by atoms with van der Waals surface area (Å²) < 4.78 is 28.3. The Morgan fingerprint density at radius 2 is 1.84 bits per heavy atom. The Hall–Kier alpha value is -1.69. The van der Waals surface area contributed by atoms with Crippen LogP contribution in [0.2, 0.25) is 0 Å². The predicted molar refractivity (Wildman–Crippen MR) is 98.9 cm³/mol. The topological polar surface area (TPSA) is 66.4 Å². The molecule has 0 spiro atoms. The molecule has 2 aromatic carbocycles. The van der Waals surface area contributed by atoms with Gasteiger partial charge >= 0.3 is 0 Å². The Kier molecular flexibility index (Phi) is 5.00. The summed E-state index contributed by atoms with van der Waals surface area (Å²) in [6.45, 7) is 3.98. The highest BCUT2D eigenvalue weighted by atomic mass is 32.2. The van der Waals surface area contributed by atoms with Gasteiger partial charge in [-0.15, -0.1) is 0 Å². The molecule has 0 radical (unpaired) electrons. The third kappa shape index (κ3) is 3.50. The lowest BCUT2D eigenvalue weighted by Gasteiger charge is -2.31. The van der Waals surface area contributed by atoms with Crippen LogP contribution in [0.3, 0.4) is 0 Å². The van der Waals surface area contributed by atoms with Crippen LogP contribution in [0, 0.1) is 6.92 Å². The summed E-state index contributed by atoms with van der Waals surface area (Å²) in [4.78, 5) is 0.229. The van der Waals surface area contributed by atoms with E-state index >= 15 is 0 Å². The van der Waals surface area contributed by atoms with E-state index in [2.05, 4.69) is 11.6 Å². The molecule has 3 rings (SSSR count). The molecule has 1 aliphatic rings. The van der Waals surface area contributed by atoms with Crippen molar-refractivity contribution >= 4 is 10.0 Å². The highest BCUT2D eigenvalue weighted by Gasteiger charge is 2.46. The molecule has 2 unspecified atom stereocenters. The second-order valence-electron chi connectivity index (χ2n) is 6.88. The zero-order chi connectivity index (χ0) is 18.1. The van der Waals surface area contributed by atoms with Crippen LogP contribution in [0.25, 0.3) is 0 Å². The van der Waals surface area contributed by atoms with Gasteiger partial charge in [-0.2, -0.15) is 0 Å². The normalized spacial score (nSPS) is 22.8. The van der Waals surface area contributed by atoms with Gasteiger partial charge in [0.1, 0.15) is 5.60 Å². The zero-order valence-electron chi connectivity index (χ0n) is 14.7. The van der Waals surface area contributed by atoms with E-state index in [1.807, 2.05) is 31.2 Å². The molecule has 2 atom stereocenters. The molecule has 0 fully saturated rings. The summed E-state index contributed by atoms with van der Waals surface area (Å²) in [6.07, 6.45) is 2.83. The number of hydrogen-bond acceptors (Lipinski definition) is 3. The van der Waals surface area contributed by atoms with Gasteiger partial charge in [-0.1, -0.05) is 61.7 Å². The number of hydrogen-bond donors (Lipinski definition) is 2. The number of aliphatic hydroxyl groups is 1. The summed E-state index contributed by atoms with van der Waals surface area (Å²) in [5.74, 6) is 0. The van der Waals surface area contributed by atoms with Crippen LogP contribution in [-0.4, -0.2) is 19.6 Å². The molecule has 0 amide bonds. The van der Waals surface area contributed by atoms with Crippen molar-refractivity contribution in [3.05, 3.63) is 65.2 Å².